The second kappa shape index (κ2) is 11.6. The molecular formula is C39H27BN4O2. The SMILES string of the molecule is OB(O)c1ccc2c(c1)c1ccccc1n2-c1cccc(-c2cccc(-c3nc(-c4ccccc4)nc(-c4ccccc4)n3)c2)c1. The second-order valence-electron chi connectivity index (χ2n) is 11.2. The minimum Gasteiger partial charge on any atom is -0.423 e. The van der Waals surface area contributed by atoms with Crippen LogP contribution in [0.2, 0.25) is 0 Å². The molecule has 0 saturated carbocycles. The highest BCUT2D eigenvalue weighted by molar-refractivity contribution is 6.59. The maximum absolute atomic E-state index is 9.83. The van der Waals surface area contributed by atoms with Crippen LogP contribution in [0.1, 0.15) is 0 Å². The largest absolute Gasteiger partial charge is 0.488 e. The van der Waals surface area contributed by atoms with Gasteiger partial charge in [0.1, 0.15) is 0 Å². The number of hydrogen-bond donors (Lipinski definition) is 2. The Bertz CT molecular complexity index is 2300. The first-order chi connectivity index (χ1) is 22.6. The average molecular weight is 594 g/mol. The Morgan fingerprint density at radius 2 is 0.935 bits per heavy atom. The van der Waals surface area contributed by atoms with Gasteiger partial charge in [-0.25, -0.2) is 15.0 Å². The zero-order chi connectivity index (χ0) is 31.0. The van der Waals surface area contributed by atoms with E-state index in [1.807, 2.05) is 97.1 Å². The normalized spacial score (nSPS) is 11.3. The molecule has 2 heterocycles. The Labute approximate surface area is 266 Å². The van der Waals surface area contributed by atoms with E-state index in [-0.39, 0.29) is 0 Å². The van der Waals surface area contributed by atoms with Crippen LogP contribution in [0, 0.1) is 0 Å². The lowest BCUT2D eigenvalue weighted by molar-refractivity contribution is 0.426. The quantitative estimate of drug-likeness (QED) is 0.197. The smallest absolute Gasteiger partial charge is 0.423 e. The minimum atomic E-state index is -1.53. The van der Waals surface area contributed by atoms with Gasteiger partial charge in [0.15, 0.2) is 17.5 Å². The van der Waals surface area contributed by atoms with Crippen molar-refractivity contribution < 1.29 is 10.0 Å². The van der Waals surface area contributed by atoms with Crippen LogP contribution in [0.3, 0.4) is 0 Å². The second-order valence-corrected chi connectivity index (χ2v) is 11.2. The van der Waals surface area contributed by atoms with Crippen molar-refractivity contribution in [3.63, 3.8) is 0 Å². The minimum absolute atomic E-state index is 0.463. The van der Waals surface area contributed by atoms with E-state index in [2.05, 4.69) is 53.1 Å². The Kier molecular flexibility index (Phi) is 6.95. The van der Waals surface area contributed by atoms with Crippen LogP contribution in [0.15, 0.2) is 152 Å². The number of hydrogen-bond acceptors (Lipinski definition) is 5. The van der Waals surface area contributed by atoms with Crippen molar-refractivity contribution in [2.45, 2.75) is 0 Å². The summed E-state index contributed by atoms with van der Waals surface area (Å²) in [6, 6.07) is 50.4. The topological polar surface area (TPSA) is 84.1 Å². The van der Waals surface area contributed by atoms with Gasteiger partial charge in [-0.3, -0.25) is 0 Å². The third kappa shape index (κ3) is 5.04. The highest BCUT2D eigenvalue weighted by Gasteiger charge is 2.17. The van der Waals surface area contributed by atoms with Crippen LogP contribution >= 0.6 is 0 Å². The molecule has 6 nitrogen and oxygen atoms in total. The summed E-state index contributed by atoms with van der Waals surface area (Å²) in [7, 11) is -1.53. The van der Waals surface area contributed by atoms with Gasteiger partial charge in [0.25, 0.3) is 0 Å². The molecule has 0 aliphatic rings. The van der Waals surface area contributed by atoms with Crippen molar-refractivity contribution in [1.82, 2.24) is 19.5 Å². The molecule has 8 rings (SSSR count). The standard InChI is InChI=1S/C39H27BN4O2/c45-40(46)31-21-22-36-34(25-31)33-19-7-8-20-35(33)44(36)32-18-10-16-29(24-32)28-15-9-17-30(23-28)39-42-37(26-11-3-1-4-12-26)41-38(43-39)27-13-5-2-6-14-27/h1-25,45-46H. The number of fused-ring (bicyclic) bond motifs is 3. The van der Waals surface area contributed by atoms with Gasteiger partial charge in [-0.1, -0.05) is 121 Å². The van der Waals surface area contributed by atoms with Crippen LogP contribution in [0.25, 0.3) is 72.8 Å². The first-order valence-corrected chi connectivity index (χ1v) is 15.1. The zero-order valence-electron chi connectivity index (χ0n) is 24.7. The summed E-state index contributed by atoms with van der Waals surface area (Å²) >= 11 is 0. The highest BCUT2D eigenvalue weighted by atomic mass is 16.4. The van der Waals surface area contributed by atoms with Gasteiger partial charge in [0, 0.05) is 33.2 Å². The van der Waals surface area contributed by atoms with E-state index in [0.29, 0.717) is 22.9 Å². The van der Waals surface area contributed by atoms with E-state index >= 15 is 0 Å². The Balaban J connectivity index is 1.24. The Morgan fingerprint density at radius 1 is 0.413 bits per heavy atom. The number of rotatable bonds is 6. The fourth-order valence-electron chi connectivity index (χ4n) is 6.03. The Morgan fingerprint density at radius 3 is 1.61 bits per heavy atom. The first kappa shape index (κ1) is 27.6. The highest BCUT2D eigenvalue weighted by Crippen LogP contribution is 2.34. The van der Waals surface area contributed by atoms with Crippen LogP contribution in [-0.2, 0) is 0 Å². The molecule has 0 atom stereocenters. The molecule has 8 aromatic rings. The predicted octanol–water partition coefficient (Wildman–Crippen LogP) is 7.32. The fourth-order valence-corrected chi connectivity index (χ4v) is 6.03. The van der Waals surface area contributed by atoms with Crippen LogP contribution in [0.4, 0.5) is 0 Å². The summed E-state index contributed by atoms with van der Waals surface area (Å²) in [5, 5.41) is 21.7. The predicted molar refractivity (Wildman–Crippen MR) is 186 cm³/mol. The van der Waals surface area contributed by atoms with E-state index in [4.69, 9.17) is 15.0 Å². The van der Waals surface area contributed by atoms with Crippen LogP contribution < -0.4 is 5.46 Å². The molecule has 2 aromatic heterocycles. The van der Waals surface area contributed by atoms with E-state index < -0.39 is 7.12 Å². The van der Waals surface area contributed by atoms with Gasteiger partial charge >= 0.3 is 7.12 Å². The molecule has 0 spiro atoms. The molecule has 2 N–H and O–H groups in total. The summed E-state index contributed by atoms with van der Waals surface area (Å²) in [5.74, 6) is 1.86. The molecule has 218 valence electrons. The van der Waals surface area contributed by atoms with Crippen molar-refractivity contribution in [2.75, 3.05) is 0 Å². The average Bonchev–Trinajstić information content (AvgIpc) is 3.46. The zero-order valence-corrected chi connectivity index (χ0v) is 24.7. The monoisotopic (exact) mass is 594 g/mol. The fraction of sp³-hybridized carbons (Fsp3) is 0. The third-order valence-corrected chi connectivity index (χ3v) is 8.25. The Hall–Kier alpha value is -5.89. The lowest BCUT2D eigenvalue weighted by atomic mass is 9.80. The van der Waals surface area contributed by atoms with Gasteiger partial charge in [-0.2, -0.15) is 0 Å². The number of para-hydroxylation sites is 1. The summed E-state index contributed by atoms with van der Waals surface area (Å²) in [5.41, 5.74) is 8.34. The van der Waals surface area contributed by atoms with Crippen LogP contribution in [0.5, 0.6) is 0 Å². The molecule has 46 heavy (non-hydrogen) atoms. The summed E-state index contributed by atoms with van der Waals surface area (Å²) in [4.78, 5) is 14.7. The molecule has 0 radical (unpaired) electrons. The van der Waals surface area contributed by atoms with Crippen molar-refractivity contribution in [1.29, 1.82) is 0 Å². The summed E-state index contributed by atoms with van der Waals surface area (Å²) < 4.78 is 2.22. The molecule has 0 bridgehead atoms. The summed E-state index contributed by atoms with van der Waals surface area (Å²) in [6.07, 6.45) is 0. The van der Waals surface area contributed by atoms with Gasteiger partial charge in [-0.05, 0) is 46.9 Å². The van der Waals surface area contributed by atoms with E-state index in [0.717, 1.165) is 55.3 Å². The number of benzene rings is 6. The maximum atomic E-state index is 9.83. The maximum Gasteiger partial charge on any atom is 0.488 e. The van der Waals surface area contributed by atoms with Crippen molar-refractivity contribution in [3.8, 4) is 51.0 Å². The molecule has 0 unspecified atom stereocenters. The van der Waals surface area contributed by atoms with Gasteiger partial charge < -0.3 is 14.6 Å². The lowest BCUT2D eigenvalue weighted by Gasteiger charge is -2.12. The third-order valence-electron chi connectivity index (χ3n) is 8.25. The first-order valence-electron chi connectivity index (χ1n) is 15.1. The van der Waals surface area contributed by atoms with E-state index in [9.17, 15) is 10.0 Å². The van der Waals surface area contributed by atoms with Crippen molar-refractivity contribution in [3.05, 3.63) is 152 Å². The molecule has 0 aliphatic heterocycles. The molecule has 0 saturated heterocycles. The molecule has 0 amide bonds. The molecule has 6 aromatic carbocycles. The van der Waals surface area contributed by atoms with Crippen LogP contribution in [-0.4, -0.2) is 36.7 Å². The van der Waals surface area contributed by atoms with Crippen molar-refractivity contribution >= 4 is 34.4 Å². The molecular weight excluding hydrogens is 567 g/mol. The van der Waals surface area contributed by atoms with E-state index in [1.165, 1.54) is 0 Å². The molecule has 7 heteroatoms. The lowest BCUT2D eigenvalue weighted by Crippen LogP contribution is -2.29. The number of nitrogens with zero attached hydrogens (tertiary/aromatic N) is 4. The van der Waals surface area contributed by atoms with E-state index in [1.54, 1.807) is 6.07 Å². The molecule has 0 fully saturated rings. The van der Waals surface area contributed by atoms with Crippen molar-refractivity contribution in [2.24, 2.45) is 0 Å². The summed E-state index contributed by atoms with van der Waals surface area (Å²) in [6.45, 7) is 0. The number of aromatic nitrogens is 4. The van der Waals surface area contributed by atoms with Gasteiger partial charge in [0.2, 0.25) is 0 Å². The molecule has 0 aliphatic carbocycles. The van der Waals surface area contributed by atoms with Gasteiger partial charge in [0.05, 0.1) is 11.0 Å². The van der Waals surface area contributed by atoms with Gasteiger partial charge in [-0.15, -0.1) is 0 Å².